The largest absolute Gasteiger partial charge is 0.284 e. The van der Waals surface area contributed by atoms with E-state index >= 15 is 0 Å². The predicted octanol–water partition coefficient (Wildman–Crippen LogP) is 4.59. The monoisotopic (exact) mass is 424 g/mol. The number of benzene rings is 2. The van der Waals surface area contributed by atoms with Crippen molar-refractivity contribution in [2.75, 3.05) is 15.2 Å². The summed E-state index contributed by atoms with van der Waals surface area (Å²) >= 11 is 0. The Kier molecular flexibility index (Phi) is 8.32. The van der Waals surface area contributed by atoms with Gasteiger partial charge in [-0.05, 0) is 42.8 Å². The van der Waals surface area contributed by atoms with Crippen LogP contribution in [0.1, 0.15) is 45.4 Å². The van der Waals surface area contributed by atoms with Crippen LogP contribution in [0.15, 0.2) is 59.5 Å². The van der Waals surface area contributed by atoms with Crippen molar-refractivity contribution in [3.8, 4) is 0 Å². The van der Waals surface area contributed by atoms with Gasteiger partial charge in [0.05, 0.1) is 10.6 Å². The molecular formula is C20H28N2O4S2. The Morgan fingerprint density at radius 2 is 1.21 bits per heavy atom. The predicted molar refractivity (Wildman–Crippen MR) is 114 cm³/mol. The smallest absolute Gasteiger partial charge is 0.261 e. The van der Waals surface area contributed by atoms with Crippen LogP contribution >= 0.6 is 0 Å². The standard InChI is InChI=1S/C20H28N2O4S2/c1-2-3-4-5-6-10-17-27(23,24)21-18-13-15-19(16-14-18)22-28(25,26)20-11-8-7-9-12-20/h7-9,11-16,21-22H,2-6,10,17H2,1H3. The second kappa shape index (κ2) is 10.5. The number of hydrogen-bond donors (Lipinski definition) is 2. The molecule has 0 saturated carbocycles. The summed E-state index contributed by atoms with van der Waals surface area (Å²) in [5.41, 5.74) is 0.774. The lowest BCUT2D eigenvalue weighted by Gasteiger charge is -2.10. The summed E-state index contributed by atoms with van der Waals surface area (Å²) in [7, 11) is -7.08. The van der Waals surface area contributed by atoms with Gasteiger partial charge in [-0.15, -0.1) is 0 Å². The van der Waals surface area contributed by atoms with Crippen LogP contribution in [0.4, 0.5) is 11.4 Å². The van der Waals surface area contributed by atoms with Gasteiger partial charge in [0, 0.05) is 11.4 Å². The third-order valence-corrected chi connectivity index (χ3v) is 7.00. The van der Waals surface area contributed by atoms with Crippen LogP contribution in [0.5, 0.6) is 0 Å². The van der Waals surface area contributed by atoms with Crippen LogP contribution in [0.25, 0.3) is 0 Å². The van der Waals surface area contributed by atoms with Crippen LogP contribution in [0, 0.1) is 0 Å². The summed E-state index contributed by atoms with van der Waals surface area (Å²) in [5, 5.41) is 0. The van der Waals surface area contributed by atoms with E-state index < -0.39 is 20.0 Å². The lowest BCUT2D eigenvalue weighted by molar-refractivity contribution is 0.587. The lowest BCUT2D eigenvalue weighted by atomic mass is 10.1. The highest BCUT2D eigenvalue weighted by molar-refractivity contribution is 7.93. The molecule has 0 fully saturated rings. The molecule has 0 atom stereocenters. The SMILES string of the molecule is CCCCCCCCS(=O)(=O)Nc1ccc(NS(=O)(=O)c2ccccc2)cc1. The number of rotatable bonds is 12. The van der Waals surface area contributed by atoms with E-state index in [9.17, 15) is 16.8 Å². The van der Waals surface area contributed by atoms with Gasteiger partial charge in [-0.3, -0.25) is 9.44 Å². The normalized spacial score (nSPS) is 11.9. The van der Waals surface area contributed by atoms with Gasteiger partial charge in [-0.25, -0.2) is 16.8 Å². The summed E-state index contributed by atoms with van der Waals surface area (Å²) < 4.78 is 54.0. The van der Waals surface area contributed by atoms with Crippen molar-refractivity contribution in [3.63, 3.8) is 0 Å². The molecule has 2 rings (SSSR count). The summed E-state index contributed by atoms with van der Waals surface area (Å²) in [5.74, 6) is 0.0848. The first kappa shape index (κ1) is 22.2. The van der Waals surface area contributed by atoms with Gasteiger partial charge in [0.1, 0.15) is 0 Å². The van der Waals surface area contributed by atoms with E-state index in [1.807, 2.05) is 0 Å². The van der Waals surface area contributed by atoms with E-state index in [2.05, 4.69) is 16.4 Å². The fraction of sp³-hybridized carbons (Fsp3) is 0.400. The number of anilines is 2. The first-order chi connectivity index (χ1) is 13.3. The zero-order valence-corrected chi connectivity index (χ0v) is 17.7. The van der Waals surface area contributed by atoms with Crippen LogP contribution in [0.3, 0.4) is 0 Å². The number of unbranched alkanes of at least 4 members (excludes halogenated alkanes) is 5. The molecule has 8 heteroatoms. The van der Waals surface area contributed by atoms with Crippen LogP contribution in [0.2, 0.25) is 0 Å². The molecule has 0 saturated heterocycles. The van der Waals surface area contributed by atoms with Gasteiger partial charge in [0.25, 0.3) is 10.0 Å². The minimum absolute atomic E-state index is 0.0848. The fourth-order valence-corrected chi connectivity index (χ4v) is 4.98. The van der Waals surface area contributed by atoms with E-state index in [4.69, 9.17) is 0 Å². The molecule has 0 radical (unpaired) electrons. The first-order valence-corrected chi connectivity index (χ1v) is 12.6. The quantitative estimate of drug-likeness (QED) is 0.487. The molecule has 2 aromatic rings. The maximum atomic E-state index is 12.3. The van der Waals surface area contributed by atoms with Crippen molar-refractivity contribution in [1.82, 2.24) is 0 Å². The minimum atomic E-state index is -3.67. The maximum absolute atomic E-state index is 12.3. The number of sulfonamides is 2. The Morgan fingerprint density at radius 3 is 1.82 bits per heavy atom. The van der Waals surface area contributed by atoms with Gasteiger partial charge in [0.2, 0.25) is 10.0 Å². The first-order valence-electron chi connectivity index (χ1n) is 9.51. The van der Waals surface area contributed by atoms with Crippen molar-refractivity contribution in [2.24, 2.45) is 0 Å². The Hall–Kier alpha value is -2.06. The highest BCUT2D eigenvalue weighted by atomic mass is 32.2. The molecule has 2 aromatic carbocycles. The van der Waals surface area contributed by atoms with E-state index in [1.54, 1.807) is 30.3 Å². The topological polar surface area (TPSA) is 92.3 Å². The summed E-state index contributed by atoms with van der Waals surface area (Å²) in [6.45, 7) is 2.15. The zero-order chi connectivity index (χ0) is 20.5. The highest BCUT2D eigenvalue weighted by Gasteiger charge is 2.14. The van der Waals surface area contributed by atoms with E-state index in [0.29, 0.717) is 17.8 Å². The second-order valence-corrected chi connectivity index (χ2v) is 10.2. The molecule has 0 unspecified atom stereocenters. The summed E-state index contributed by atoms with van der Waals surface area (Å²) in [4.78, 5) is 0.165. The van der Waals surface area contributed by atoms with Crippen LogP contribution < -0.4 is 9.44 Å². The molecule has 0 amide bonds. The highest BCUT2D eigenvalue weighted by Crippen LogP contribution is 2.19. The van der Waals surface area contributed by atoms with Gasteiger partial charge in [-0.2, -0.15) is 0 Å². The molecule has 0 aliphatic rings. The summed E-state index contributed by atoms with van der Waals surface area (Å²) in [6.07, 6.45) is 6.09. The molecule has 28 heavy (non-hydrogen) atoms. The molecule has 6 nitrogen and oxygen atoms in total. The zero-order valence-electron chi connectivity index (χ0n) is 16.1. The van der Waals surface area contributed by atoms with Crippen molar-refractivity contribution >= 4 is 31.4 Å². The Bertz CT molecular complexity index is 926. The van der Waals surface area contributed by atoms with Gasteiger partial charge < -0.3 is 0 Å². The average molecular weight is 425 g/mol. The number of nitrogens with one attached hydrogen (secondary N) is 2. The molecule has 154 valence electrons. The van der Waals surface area contributed by atoms with Gasteiger partial charge >= 0.3 is 0 Å². The molecule has 2 N–H and O–H groups in total. The molecule has 0 heterocycles. The maximum Gasteiger partial charge on any atom is 0.261 e. The van der Waals surface area contributed by atoms with Gasteiger partial charge in [-0.1, -0.05) is 57.2 Å². The lowest BCUT2D eigenvalue weighted by Crippen LogP contribution is -2.17. The van der Waals surface area contributed by atoms with Crippen LogP contribution in [-0.2, 0) is 20.0 Å². The molecule has 0 aromatic heterocycles. The fourth-order valence-electron chi connectivity index (χ4n) is 2.72. The number of hydrogen-bond acceptors (Lipinski definition) is 4. The van der Waals surface area contributed by atoms with E-state index in [-0.39, 0.29) is 10.6 Å². The van der Waals surface area contributed by atoms with E-state index in [0.717, 1.165) is 25.7 Å². The molecular weight excluding hydrogens is 396 g/mol. The minimum Gasteiger partial charge on any atom is -0.284 e. The van der Waals surface area contributed by atoms with Crippen molar-refractivity contribution in [2.45, 2.75) is 50.3 Å². The van der Waals surface area contributed by atoms with Gasteiger partial charge in [0.15, 0.2) is 0 Å². The molecule has 0 bridgehead atoms. The summed E-state index contributed by atoms with van der Waals surface area (Å²) in [6, 6.07) is 14.2. The Labute approximate surface area is 168 Å². The van der Waals surface area contributed by atoms with Crippen LogP contribution in [-0.4, -0.2) is 22.6 Å². The third kappa shape index (κ3) is 7.52. The second-order valence-electron chi connectivity index (χ2n) is 6.68. The average Bonchev–Trinajstić information content (AvgIpc) is 2.66. The third-order valence-electron chi connectivity index (χ3n) is 4.23. The van der Waals surface area contributed by atoms with Crippen molar-refractivity contribution < 1.29 is 16.8 Å². The van der Waals surface area contributed by atoms with Crippen molar-refractivity contribution in [1.29, 1.82) is 0 Å². The van der Waals surface area contributed by atoms with Crippen molar-refractivity contribution in [3.05, 3.63) is 54.6 Å². The van der Waals surface area contributed by atoms with E-state index in [1.165, 1.54) is 30.7 Å². The Balaban J connectivity index is 1.88. The molecule has 0 aliphatic carbocycles. The Morgan fingerprint density at radius 1 is 0.679 bits per heavy atom. The molecule has 0 spiro atoms. The molecule has 0 aliphatic heterocycles.